The van der Waals surface area contributed by atoms with Crippen molar-refractivity contribution in [2.24, 2.45) is 0 Å². The van der Waals surface area contributed by atoms with E-state index in [4.69, 9.17) is 11.6 Å². The van der Waals surface area contributed by atoms with Crippen molar-refractivity contribution >= 4 is 45.6 Å². The van der Waals surface area contributed by atoms with E-state index >= 15 is 0 Å². The summed E-state index contributed by atoms with van der Waals surface area (Å²) in [5, 5.41) is 0.730. The molecule has 0 aromatic heterocycles. The molecule has 4 rings (SSSR count). The van der Waals surface area contributed by atoms with Gasteiger partial charge in [0.05, 0.1) is 28.3 Å². The average molecular weight is 441 g/mol. The molecule has 1 aliphatic rings. The number of hydrogen-bond donors (Lipinski definition) is 0. The van der Waals surface area contributed by atoms with Crippen LogP contribution in [0, 0.1) is 6.92 Å². The maximum absolute atomic E-state index is 12.2. The van der Waals surface area contributed by atoms with Gasteiger partial charge in [0.2, 0.25) is 0 Å². The normalized spacial score (nSPS) is 15.2. The predicted molar refractivity (Wildman–Crippen MR) is 125 cm³/mol. The van der Waals surface area contributed by atoms with Gasteiger partial charge in [-0.3, -0.25) is 8.51 Å². The third-order valence-electron chi connectivity index (χ3n) is 5.33. The van der Waals surface area contributed by atoms with E-state index < -0.39 is 11.3 Å². The van der Waals surface area contributed by atoms with Crippen molar-refractivity contribution in [2.45, 2.75) is 6.92 Å². The van der Waals surface area contributed by atoms with Gasteiger partial charge in [-0.25, -0.2) is 0 Å². The van der Waals surface area contributed by atoms with Crippen molar-refractivity contribution < 1.29 is 8.76 Å². The molecule has 0 amide bonds. The molecule has 3 aromatic carbocycles. The minimum absolute atomic E-state index is 0.626. The second-order valence-corrected chi connectivity index (χ2v) is 8.52. The molecule has 1 aliphatic heterocycles. The molecule has 0 aliphatic carbocycles. The number of para-hydroxylation sites is 2. The number of benzene rings is 3. The number of nitrogens with zero attached hydrogens (tertiary/aromatic N) is 3. The van der Waals surface area contributed by atoms with Gasteiger partial charge in [-0.1, -0.05) is 41.4 Å². The quantitative estimate of drug-likeness (QED) is 0.529. The van der Waals surface area contributed by atoms with Gasteiger partial charge in [-0.2, -0.15) is 0 Å². The molecular weight excluding hydrogens is 418 g/mol. The third-order valence-corrected chi connectivity index (χ3v) is 6.29. The molecule has 0 spiro atoms. The van der Waals surface area contributed by atoms with Gasteiger partial charge >= 0.3 is 0 Å². The lowest BCUT2D eigenvalue weighted by molar-refractivity contribution is 0.537. The fourth-order valence-electron chi connectivity index (χ4n) is 3.75. The first-order chi connectivity index (χ1) is 14.5. The Morgan fingerprint density at radius 3 is 2.10 bits per heavy atom. The monoisotopic (exact) mass is 440 g/mol. The van der Waals surface area contributed by atoms with E-state index in [1.54, 1.807) is 0 Å². The standard InChI is InChI=1S/C23H24ClN3O2S/c1-18-6-10-21(11-7-18)27(30(28)29)23-5-3-2-4-22(23)26-16-14-25(15-17-26)20-12-8-19(24)9-13-20/h2-13H,14-17H2,1H3,(H,28,29)/p-1. The number of piperazine rings is 1. The topological polar surface area (TPSA) is 49.8 Å². The molecule has 1 atom stereocenters. The highest BCUT2D eigenvalue weighted by Gasteiger charge is 2.22. The molecule has 1 fully saturated rings. The molecule has 5 nitrogen and oxygen atoms in total. The first-order valence-electron chi connectivity index (χ1n) is 9.83. The van der Waals surface area contributed by atoms with E-state index in [-0.39, 0.29) is 0 Å². The molecule has 1 saturated heterocycles. The van der Waals surface area contributed by atoms with Crippen molar-refractivity contribution in [1.29, 1.82) is 0 Å². The smallest absolute Gasteiger partial charge is 0.0771 e. The third kappa shape index (κ3) is 4.46. The van der Waals surface area contributed by atoms with Crippen molar-refractivity contribution in [1.82, 2.24) is 0 Å². The first kappa shape index (κ1) is 20.7. The van der Waals surface area contributed by atoms with Crippen molar-refractivity contribution in [2.75, 3.05) is 40.3 Å². The average Bonchev–Trinajstić information content (AvgIpc) is 2.76. The largest absolute Gasteiger partial charge is 0.755 e. The first-order valence-corrected chi connectivity index (χ1v) is 11.2. The van der Waals surface area contributed by atoms with Gasteiger partial charge in [0.1, 0.15) is 0 Å². The molecule has 30 heavy (non-hydrogen) atoms. The number of anilines is 4. The summed E-state index contributed by atoms with van der Waals surface area (Å²) in [6.45, 7) is 5.28. The zero-order chi connectivity index (χ0) is 21.1. The molecular formula is C23H23ClN3O2S-. The summed E-state index contributed by atoms with van der Waals surface area (Å²) < 4.78 is 25.7. The molecule has 1 heterocycles. The number of hydrogen-bond acceptors (Lipinski definition) is 4. The summed E-state index contributed by atoms with van der Waals surface area (Å²) in [6, 6.07) is 23.0. The maximum Gasteiger partial charge on any atom is 0.0771 e. The maximum atomic E-state index is 12.2. The Kier molecular flexibility index (Phi) is 6.27. The summed E-state index contributed by atoms with van der Waals surface area (Å²) >= 11 is 3.57. The van der Waals surface area contributed by atoms with E-state index in [1.807, 2.05) is 79.7 Å². The summed E-state index contributed by atoms with van der Waals surface area (Å²) in [6.07, 6.45) is 0. The minimum Gasteiger partial charge on any atom is -0.755 e. The molecule has 0 bridgehead atoms. The van der Waals surface area contributed by atoms with E-state index in [1.165, 1.54) is 4.31 Å². The SMILES string of the molecule is Cc1ccc(N(c2ccccc2N2CCN(c3ccc(Cl)cc3)CC2)S(=O)[O-])cc1. The van der Waals surface area contributed by atoms with Crippen LogP contribution in [0.1, 0.15) is 5.56 Å². The Labute approximate surface area is 184 Å². The van der Waals surface area contributed by atoms with Gasteiger partial charge in [-0.15, -0.1) is 0 Å². The van der Waals surface area contributed by atoms with Crippen LogP contribution in [0.4, 0.5) is 22.7 Å². The number of rotatable bonds is 5. The van der Waals surface area contributed by atoms with E-state index in [0.717, 1.165) is 48.1 Å². The Morgan fingerprint density at radius 2 is 1.47 bits per heavy atom. The van der Waals surface area contributed by atoms with E-state index in [2.05, 4.69) is 9.80 Å². The van der Waals surface area contributed by atoms with Gasteiger partial charge in [0.25, 0.3) is 0 Å². The van der Waals surface area contributed by atoms with Gasteiger partial charge in [0.15, 0.2) is 0 Å². The van der Waals surface area contributed by atoms with Crippen LogP contribution in [-0.2, 0) is 11.3 Å². The van der Waals surface area contributed by atoms with Crippen LogP contribution in [0.2, 0.25) is 5.02 Å². The van der Waals surface area contributed by atoms with Crippen LogP contribution in [0.25, 0.3) is 0 Å². The van der Waals surface area contributed by atoms with Gasteiger partial charge in [-0.05, 0) is 55.5 Å². The van der Waals surface area contributed by atoms with Crippen molar-refractivity contribution in [3.8, 4) is 0 Å². The highest BCUT2D eigenvalue weighted by Crippen LogP contribution is 2.36. The molecule has 156 valence electrons. The molecule has 0 radical (unpaired) electrons. The predicted octanol–water partition coefficient (Wildman–Crippen LogP) is 4.91. The van der Waals surface area contributed by atoms with Gasteiger partial charge < -0.3 is 14.4 Å². The van der Waals surface area contributed by atoms with E-state index in [9.17, 15) is 8.76 Å². The van der Waals surface area contributed by atoms with Crippen LogP contribution in [0.5, 0.6) is 0 Å². The second-order valence-electron chi connectivity index (χ2n) is 7.29. The fourth-order valence-corrected chi connectivity index (χ4v) is 4.48. The summed E-state index contributed by atoms with van der Waals surface area (Å²) in [7, 11) is 0. The Morgan fingerprint density at radius 1 is 0.867 bits per heavy atom. The Balaban J connectivity index is 1.58. The van der Waals surface area contributed by atoms with Crippen LogP contribution in [0.15, 0.2) is 72.8 Å². The van der Waals surface area contributed by atoms with Crippen LogP contribution < -0.4 is 14.1 Å². The fraction of sp³-hybridized carbons (Fsp3) is 0.217. The molecule has 3 aromatic rings. The van der Waals surface area contributed by atoms with Crippen LogP contribution in [-0.4, -0.2) is 34.9 Å². The number of aryl methyl sites for hydroxylation is 1. The summed E-state index contributed by atoms with van der Waals surface area (Å²) in [4.78, 5) is 4.56. The van der Waals surface area contributed by atoms with E-state index in [0.29, 0.717) is 11.4 Å². The molecule has 7 heteroatoms. The van der Waals surface area contributed by atoms with Crippen molar-refractivity contribution in [3.05, 3.63) is 83.4 Å². The summed E-state index contributed by atoms with van der Waals surface area (Å²) in [5.41, 5.74) is 4.44. The Bertz CT molecular complexity index is 1020. The lowest BCUT2D eigenvalue weighted by Gasteiger charge is -2.39. The zero-order valence-electron chi connectivity index (χ0n) is 16.7. The van der Waals surface area contributed by atoms with Crippen molar-refractivity contribution in [3.63, 3.8) is 0 Å². The molecule has 1 unspecified atom stereocenters. The highest BCUT2D eigenvalue weighted by molar-refractivity contribution is 7.81. The Hall–Kier alpha value is -2.54. The van der Waals surface area contributed by atoms with Gasteiger partial charge in [0, 0.05) is 36.9 Å². The molecule has 0 saturated carbocycles. The van der Waals surface area contributed by atoms with Crippen LogP contribution in [0.3, 0.4) is 0 Å². The number of halogens is 1. The van der Waals surface area contributed by atoms with Crippen LogP contribution >= 0.6 is 11.6 Å². The summed E-state index contributed by atoms with van der Waals surface area (Å²) in [5.74, 6) is 0. The lowest BCUT2D eigenvalue weighted by atomic mass is 10.1. The minimum atomic E-state index is -2.43. The second kappa shape index (κ2) is 9.08. The zero-order valence-corrected chi connectivity index (χ0v) is 18.3. The lowest BCUT2D eigenvalue weighted by Crippen LogP contribution is -2.47. The molecule has 0 N–H and O–H groups in total. The highest BCUT2D eigenvalue weighted by atomic mass is 35.5.